The number of rotatable bonds is 3. The van der Waals surface area contributed by atoms with Gasteiger partial charge in [-0.15, -0.1) is 0 Å². The maximum absolute atomic E-state index is 12.6. The standard InChI is InChI=1S/C19H16O3/c1-10(2)18(21)13-5-7-15-14-6-4-12(11(3)20)8-16(14)19(22)17(15)9-13/h4-10H,1-3H3. The summed E-state index contributed by atoms with van der Waals surface area (Å²) in [5.74, 6) is -0.272. The normalized spacial score (nSPS) is 12.3. The number of hydrogen-bond donors (Lipinski definition) is 0. The molecule has 110 valence electrons. The smallest absolute Gasteiger partial charge is 0.194 e. The number of carbonyl (C=O) groups excluding carboxylic acids is 3. The minimum absolute atomic E-state index is 0.0241. The second-order valence-electron chi connectivity index (χ2n) is 5.92. The molecule has 0 aromatic heterocycles. The Kier molecular flexibility index (Phi) is 3.28. The van der Waals surface area contributed by atoms with E-state index in [2.05, 4.69) is 0 Å². The van der Waals surface area contributed by atoms with Crippen LogP contribution in [0.2, 0.25) is 0 Å². The quantitative estimate of drug-likeness (QED) is 0.687. The molecule has 0 unspecified atom stereocenters. The van der Waals surface area contributed by atoms with Crippen molar-refractivity contribution in [3.63, 3.8) is 0 Å². The monoisotopic (exact) mass is 292 g/mol. The van der Waals surface area contributed by atoms with Crippen LogP contribution in [-0.4, -0.2) is 17.3 Å². The van der Waals surface area contributed by atoms with Crippen molar-refractivity contribution < 1.29 is 14.4 Å². The van der Waals surface area contributed by atoms with Gasteiger partial charge >= 0.3 is 0 Å². The first-order chi connectivity index (χ1) is 10.4. The predicted molar refractivity (Wildman–Crippen MR) is 84.5 cm³/mol. The number of Topliss-reactive ketones (excluding diaryl/α,β-unsaturated/α-hetero) is 2. The van der Waals surface area contributed by atoms with Gasteiger partial charge in [0.15, 0.2) is 17.3 Å². The fraction of sp³-hybridized carbons (Fsp3) is 0.211. The van der Waals surface area contributed by atoms with Crippen LogP contribution in [0.15, 0.2) is 36.4 Å². The Labute approximate surface area is 129 Å². The Morgan fingerprint density at radius 3 is 1.82 bits per heavy atom. The average Bonchev–Trinajstić information content (AvgIpc) is 2.78. The fourth-order valence-corrected chi connectivity index (χ4v) is 2.78. The molecule has 3 heteroatoms. The number of hydrogen-bond acceptors (Lipinski definition) is 3. The highest BCUT2D eigenvalue weighted by Gasteiger charge is 2.28. The topological polar surface area (TPSA) is 51.2 Å². The molecule has 3 rings (SSSR count). The molecular weight excluding hydrogens is 276 g/mol. The highest BCUT2D eigenvalue weighted by Crippen LogP contribution is 2.37. The Balaban J connectivity index is 2.13. The summed E-state index contributed by atoms with van der Waals surface area (Å²) in [6.45, 7) is 5.16. The molecule has 0 amide bonds. The third-order valence-electron chi connectivity index (χ3n) is 4.03. The van der Waals surface area contributed by atoms with Crippen molar-refractivity contribution in [2.24, 2.45) is 5.92 Å². The van der Waals surface area contributed by atoms with Gasteiger partial charge in [-0.05, 0) is 30.2 Å². The second kappa shape index (κ2) is 5.02. The molecule has 0 radical (unpaired) electrons. The molecule has 0 fully saturated rings. The van der Waals surface area contributed by atoms with Crippen LogP contribution in [0.1, 0.15) is 57.4 Å². The lowest BCUT2D eigenvalue weighted by Gasteiger charge is -2.06. The van der Waals surface area contributed by atoms with Crippen molar-refractivity contribution in [1.82, 2.24) is 0 Å². The lowest BCUT2D eigenvalue weighted by atomic mass is 9.96. The van der Waals surface area contributed by atoms with Gasteiger partial charge in [0.1, 0.15) is 0 Å². The zero-order valence-corrected chi connectivity index (χ0v) is 12.8. The van der Waals surface area contributed by atoms with E-state index in [0.717, 1.165) is 11.1 Å². The summed E-state index contributed by atoms with van der Waals surface area (Å²) < 4.78 is 0. The first kappa shape index (κ1) is 14.4. The van der Waals surface area contributed by atoms with Crippen LogP contribution in [0.5, 0.6) is 0 Å². The molecule has 3 nitrogen and oxygen atoms in total. The van der Waals surface area contributed by atoms with Gasteiger partial charge in [-0.25, -0.2) is 0 Å². The molecule has 1 aliphatic rings. The van der Waals surface area contributed by atoms with Crippen LogP contribution in [0.4, 0.5) is 0 Å². The number of ketones is 3. The molecular formula is C19H16O3. The Morgan fingerprint density at radius 1 is 0.818 bits per heavy atom. The van der Waals surface area contributed by atoms with Crippen molar-refractivity contribution in [2.45, 2.75) is 20.8 Å². The van der Waals surface area contributed by atoms with Crippen LogP contribution < -0.4 is 0 Å². The van der Waals surface area contributed by atoms with Gasteiger partial charge < -0.3 is 0 Å². The van der Waals surface area contributed by atoms with Crippen molar-refractivity contribution in [1.29, 1.82) is 0 Å². The van der Waals surface area contributed by atoms with Crippen molar-refractivity contribution >= 4 is 17.3 Å². The largest absolute Gasteiger partial charge is 0.295 e. The molecule has 0 saturated carbocycles. The molecule has 0 bridgehead atoms. The lowest BCUT2D eigenvalue weighted by Crippen LogP contribution is -2.08. The first-order valence-corrected chi connectivity index (χ1v) is 7.28. The molecule has 0 spiro atoms. The van der Waals surface area contributed by atoms with Crippen molar-refractivity contribution in [3.8, 4) is 11.1 Å². The van der Waals surface area contributed by atoms with Gasteiger partial charge in [0.05, 0.1) is 0 Å². The summed E-state index contributed by atoms with van der Waals surface area (Å²) in [4.78, 5) is 36.2. The third-order valence-corrected chi connectivity index (χ3v) is 4.03. The van der Waals surface area contributed by atoms with Gasteiger partial charge in [-0.2, -0.15) is 0 Å². The fourth-order valence-electron chi connectivity index (χ4n) is 2.78. The Morgan fingerprint density at radius 2 is 1.32 bits per heavy atom. The minimum Gasteiger partial charge on any atom is -0.295 e. The summed E-state index contributed by atoms with van der Waals surface area (Å²) in [6.07, 6.45) is 0. The van der Waals surface area contributed by atoms with E-state index in [1.807, 2.05) is 19.9 Å². The Hall–Kier alpha value is -2.55. The number of fused-ring (bicyclic) bond motifs is 3. The van der Waals surface area contributed by atoms with Crippen LogP contribution in [0, 0.1) is 5.92 Å². The van der Waals surface area contributed by atoms with Crippen molar-refractivity contribution in [3.05, 3.63) is 58.7 Å². The van der Waals surface area contributed by atoms with Gasteiger partial charge in [-0.1, -0.05) is 38.1 Å². The molecule has 0 atom stereocenters. The molecule has 0 N–H and O–H groups in total. The first-order valence-electron chi connectivity index (χ1n) is 7.28. The Bertz CT molecular complexity index is 829. The van der Waals surface area contributed by atoms with E-state index < -0.39 is 0 Å². The van der Waals surface area contributed by atoms with Crippen LogP contribution in [0.25, 0.3) is 11.1 Å². The van der Waals surface area contributed by atoms with E-state index in [-0.39, 0.29) is 23.3 Å². The molecule has 2 aromatic carbocycles. The molecule has 2 aromatic rings. The van der Waals surface area contributed by atoms with E-state index in [0.29, 0.717) is 22.3 Å². The second-order valence-corrected chi connectivity index (χ2v) is 5.92. The van der Waals surface area contributed by atoms with E-state index in [1.165, 1.54) is 6.92 Å². The maximum atomic E-state index is 12.6. The molecule has 0 saturated heterocycles. The highest BCUT2D eigenvalue weighted by atomic mass is 16.1. The SMILES string of the molecule is CC(=O)c1ccc2c(c1)C(=O)c1cc(C(=O)C(C)C)ccc1-2. The zero-order chi connectivity index (χ0) is 16.0. The number of carbonyl (C=O) groups is 3. The van der Waals surface area contributed by atoms with E-state index in [4.69, 9.17) is 0 Å². The highest BCUT2D eigenvalue weighted by molar-refractivity contribution is 6.23. The molecule has 1 aliphatic carbocycles. The summed E-state index contributed by atoms with van der Waals surface area (Å²) in [5, 5.41) is 0. The summed E-state index contributed by atoms with van der Waals surface area (Å²) >= 11 is 0. The van der Waals surface area contributed by atoms with Crippen LogP contribution in [0.3, 0.4) is 0 Å². The summed E-state index contributed by atoms with van der Waals surface area (Å²) in [6, 6.07) is 10.4. The lowest BCUT2D eigenvalue weighted by molar-refractivity contribution is 0.0938. The molecule has 0 heterocycles. The van der Waals surface area contributed by atoms with E-state index >= 15 is 0 Å². The maximum Gasteiger partial charge on any atom is 0.194 e. The zero-order valence-electron chi connectivity index (χ0n) is 12.8. The van der Waals surface area contributed by atoms with Crippen LogP contribution >= 0.6 is 0 Å². The van der Waals surface area contributed by atoms with Crippen molar-refractivity contribution in [2.75, 3.05) is 0 Å². The van der Waals surface area contributed by atoms with Gasteiger partial charge in [0, 0.05) is 28.2 Å². The van der Waals surface area contributed by atoms with Crippen LogP contribution in [-0.2, 0) is 0 Å². The van der Waals surface area contributed by atoms with Gasteiger partial charge in [0.2, 0.25) is 0 Å². The average molecular weight is 292 g/mol. The van der Waals surface area contributed by atoms with E-state index in [1.54, 1.807) is 30.3 Å². The summed E-state index contributed by atoms with van der Waals surface area (Å²) in [7, 11) is 0. The third kappa shape index (κ3) is 2.10. The van der Waals surface area contributed by atoms with Gasteiger partial charge in [-0.3, -0.25) is 14.4 Å². The van der Waals surface area contributed by atoms with E-state index in [9.17, 15) is 14.4 Å². The minimum atomic E-state index is -0.119. The summed E-state index contributed by atoms with van der Waals surface area (Å²) in [5.41, 5.74) is 3.82. The molecule has 22 heavy (non-hydrogen) atoms. The number of benzene rings is 2. The van der Waals surface area contributed by atoms with Gasteiger partial charge in [0.25, 0.3) is 0 Å². The predicted octanol–water partition coefficient (Wildman–Crippen LogP) is 3.94. The molecule has 0 aliphatic heterocycles.